The lowest BCUT2D eigenvalue weighted by Gasteiger charge is -2.14. The van der Waals surface area contributed by atoms with Gasteiger partial charge in [-0.3, -0.25) is 0 Å². The second-order valence-electron chi connectivity index (χ2n) is 4.71. The molecule has 0 aromatic heterocycles. The largest absolute Gasteiger partial charge is 0.497 e. The zero-order valence-corrected chi connectivity index (χ0v) is 13.4. The van der Waals surface area contributed by atoms with Crippen LogP contribution in [0, 0.1) is 0 Å². The van der Waals surface area contributed by atoms with Gasteiger partial charge in [-0.05, 0) is 37.3 Å². The van der Waals surface area contributed by atoms with Crippen molar-refractivity contribution in [1.82, 2.24) is 0 Å². The molecule has 0 heterocycles. The minimum atomic E-state index is -0.398. The molecule has 0 aliphatic carbocycles. The van der Waals surface area contributed by atoms with Crippen LogP contribution in [0.1, 0.15) is 17.3 Å². The summed E-state index contributed by atoms with van der Waals surface area (Å²) in [6.07, 6.45) is 0. The van der Waals surface area contributed by atoms with Gasteiger partial charge in [0.15, 0.2) is 0 Å². The standard InChI is InChI=1S/C17H20N2O4/c1-4-23-17(20)11-5-7-14(13(18)9-11)19-15-10-12(21-2)6-8-16(15)22-3/h5-10,19H,4,18H2,1-3H3. The number of benzene rings is 2. The number of carbonyl (C=O) groups excluding carboxylic acids is 1. The molecule has 0 spiro atoms. The van der Waals surface area contributed by atoms with Crippen molar-refractivity contribution in [2.24, 2.45) is 0 Å². The number of nitrogens with two attached hydrogens (primary N) is 1. The van der Waals surface area contributed by atoms with Gasteiger partial charge in [-0.2, -0.15) is 0 Å². The van der Waals surface area contributed by atoms with Crippen molar-refractivity contribution < 1.29 is 19.0 Å². The van der Waals surface area contributed by atoms with Crippen LogP contribution in [0.3, 0.4) is 0 Å². The number of hydrogen-bond donors (Lipinski definition) is 2. The molecule has 3 N–H and O–H groups in total. The molecule has 2 aromatic carbocycles. The Morgan fingerprint density at radius 3 is 2.48 bits per heavy atom. The quantitative estimate of drug-likeness (QED) is 0.629. The van der Waals surface area contributed by atoms with Gasteiger partial charge >= 0.3 is 5.97 Å². The maximum atomic E-state index is 11.7. The predicted molar refractivity (Wildman–Crippen MR) is 89.6 cm³/mol. The van der Waals surface area contributed by atoms with Crippen molar-refractivity contribution in [1.29, 1.82) is 0 Å². The van der Waals surface area contributed by atoms with Gasteiger partial charge in [-0.25, -0.2) is 4.79 Å². The first kappa shape index (κ1) is 16.5. The molecule has 0 atom stereocenters. The Morgan fingerprint density at radius 1 is 1.09 bits per heavy atom. The van der Waals surface area contributed by atoms with Gasteiger partial charge in [-0.1, -0.05) is 0 Å². The molecule has 0 saturated carbocycles. The van der Waals surface area contributed by atoms with Gasteiger partial charge in [-0.15, -0.1) is 0 Å². The fourth-order valence-corrected chi connectivity index (χ4v) is 2.07. The molecular weight excluding hydrogens is 296 g/mol. The molecule has 6 heteroatoms. The van der Waals surface area contributed by atoms with E-state index in [-0.39, 0.29) is 0 Å². The molecule has 0 unspecified atom stereocenters. The van der Waals surface area contributed by atoms with Crippen LogP contribution in [0.25, 0.3) is 0 Å². The lowest BCUT2D eigenvalue weighted by atomic mass is 10.1. The van der Waals surface area contributed by atoms with Crippen molar-refractivity contribution in [3.8, 4) is 11.5 Å². The summed E-state index contributed by atoms with van der Waals surface area (Å²) >= 11 is 0. The maximum absolute atomic E-state index is 11.7. The molecule has 0 aliphatic rings. The second kappa shape index (κ2) is 7.40. The van der Waals surface area contributed by atoms with Crippen molar-refractivity contribution in [3.05, 3.63) is 42.0 Å². The molecule has 0 amide bonds. The number of esters is 1. The van der Waals surface area contributed by atoms with Crippen LogP contribution in [0.4, 0.5) is 17.1 Å². The third-order valence-corrected chi connectivity index (χ3v) is 3.24. The summed E-state index contributed by atoms with van der Waals surface area (Å²) in [4.78, 5) is 11.7. The Balaban J connectivity index is 2.28. The summed E-state index contributed by atoms with van der Waals surface area (Å²) in [6, 6.07) is 10.4. The fourth-order valence-electron chi connectivity index (χ4n) is 2.07. The molecule has 0 radical (unpaired) electrons. The topological polar surface area (TPSA) is 82.8 Å². The number of nitrogens with one attached hydrogen (secondary N) is 1. The van der Waals surface area contributed by atoms with E-state index in [2.05, 4.69) is 5.32 Å². The highest BCUT2D eigenvalue weighted by Gasteiger charge is 2.11. The third kappa shape index (κ3) is 3.85. The van der Waals surface area contributed by atoms with Crippen molar-refractivity contribution in [3.63, 3.8) is 0 Å². The summed E-state index contributed by atoms with van der Waals surface area (Å²) in [7, 11) is 3.17. The Bertz CT molecular complexity index is 701. The zero-order valence-electron chi connectivity index (χ0n) is 13.4. The van der Waals surface area contributed by atoms with Gasteiger partial charge in [0.2, 0.25) is 0 Å². The smallest absolute Gasteiger partial charge is 0.338 e. The highest BCUT2D eigenvalue weighted by molar-refractivity contribution is 5.92. The molecule has 0 aliphatic heterocycles. The van der Waals surface area contributed by atoms with E-state index >= 15 is 0 Å². The first-order valence-corrected chi connectivity index (χ1v) is 7.14. The summed E-state index contributed by atoms with van der Waals surface area (Å²) in [5.74, 6) is 0.944. The molecule has 23 heavy (non-hydrogen) atoms. The van der Waals surface area contributed by atoms with E-state index in [1.807, 2.05) is 0 Å². The van der Waals surface area contributed by atoms with E-state index < -0.39 is 5.97 Å². The molecule has 2 aromatic rings. The van der Waals surface area contributed by atoms with Gasteiger partial charge < -0.3 is 25.3 Å². The van der Waals surface area contributed by atoms with Crippen molar-refractivity contribution in [2.45, 2.75) is 6.92 Å². The third-order valence-electron chi connectivity index (χ3n) is 3.24. The first-order valence-electron chi connectivity index (χ1n) is 7.14. The highest BCUT2D eigenvalue weighted by Crippen LogP contribution is 2.33. The maximum Gasteiger partial charge on any atom is 0.338 e. The number of nitrogen functional groups attached to an aromatic ring is 1. The van der Waals surface area contributed by atoms with E-state index in [1.165, 1.54) is 0 Å². The van der Waals surface area contributed by atoms with E-state index in [0.717, 1.165) is 0 Å². The van der Waals surface area contributed by atoms with Gasteiger partial charge in [0.25, 0.3) is 0 Å². The van der Waals surface area contributed by atoms with Crippen LogP contribution in [0.2, 0.25) is 0 Å². The number of anilines is 3. The number of hydrogen-bond acceptors (Lipinski definition) is 6. The Hall–Kier alpha value is -2.89. The number of methoxy groups -OCH3 is 2. The van der Waals surface area contributed by atoms with Crippen LogP contribution >= 0.6 is 0 Å². The Morgan fingerprint density at radius 2 is 1.87 bits per heavy atom. The van der Waals surface area contributed by atoms with Crippen LogP contribution < -0.4 is 20.5 Å². The highest BCUT2D eigenvalue weighted by atomic mass is 16.5. The van der Waals surface area contributed by atoms with Gasteiger partial charge in [0.05, 0.1) is 43.5 Å². The van der Waals surface area contributed by atoms with Crippen LogP contribution in [0.15, 0.2) is 36.4 Å². The van der Waals surface area contributed by atoms with Crippen LogP contribution in [0.5, 0.6) is 11.5 Å². The fraction of sp³-hybridized carbons (Fsp3) is 0.235. The lowest BCUT2D eigenvalue weighted by molar-refractivity contribution is 0.0526. The predicted octanol–water partition coefficient (Wildman–Crippen LogP) is 3.21. The van der Waals surface area contributed by atoms with E-state index in [1.54, 1.807) is 57.5 Å². The minimum Gasteiger partial charge on any atom is -0.497 e. The van der Waals surface area contributed by atoms with Crippen LogP contribution in [-0.4, -0.2) is 26.8 Å². The molecule has 6 nitrogen and oxygen atoms in total. The van der Waals surface area contributed by atoms with E-state index in [4.69, 9.17) is 19.9 Å². The second-order valence-corrected chi connectivity index (χ2v) is 4.71. The number of rotatable bonds is 6. The zero-order chi connectivity index (χ0) is 16.8. The molecule has 122 valence electrons. The molecule has 2 rings (SSSR count). The van der Waals surface area contributed by atoms with Gasteiger partial charge in [0.1, 0.15) is 11.5 Å². The Kier molecular flexibility index (Phi) is 5.30. The first-order chi connectivity index (χ1) is 11.1. The average Bonchev–Trinajstić information content (AvgIpc) is 2.56. The van der Waals surface area contributed by atoms with Crippen LogP contribution in [-0.2, 0) is 4.74 Å². The molecule has 0 fully saturated rings. The SMILES string of the molecule is CCOC(=O)c1ccc(Nc2cc(OC)ccc2OC)c(N)c1. The van der Waals surface area contributed by atoms with Gasteiger partial charge in [0, 0.05) is 6.07 Å². The van der Waals surface area contributed by atoms with Crippen molar-refractivity contribution >= 4 is 23.0 Å². The minimum absolute atomic E-state index is 0.319. The Labute approximate surface area is 135 Å². The summed E-state index contributed by atoms with van der Waals surface area (Å²) in [5, 5.41) is 3.18. The number of ether oxygens (including phenoxy) is 3. The molecule has 0 saturated heterocycles. The normalized spacial score (nSPS) is 10.0. The lowest BCUT2D eigenvalue weighted by Crippen LogP contribution is -2.06. The summed E-state index contributed by atoms with van der Waals surface area (Å²) in [6.45, 7) is 2.08. The summed E-state index contributed by atoms with van der Waals surface area (Å²) in [5.41, 5.74) is 8.23. The molecular formula is C17H20N2O4. The van der Waals surface area contributed by atoms with E-state index in [9.17, 15) is 4.79 Å². The van der Waals surface area contributed by atoms with Crippen molar-refractivity contribution in [2.75, 3.05) is 31.9 Å². The van der Waals surface area contributed by atoms with E-state index in [0.29, 0.717) is 40.7 Å². The molecule has 0 bridgehead atoms. The summed E-state index contributed by atoms with van der Waals surface area (Å²) < 4.78 is 15.5. The number of carbonyl (C=O) groups is 1. The average molecular weight is 316 g/mol. The monoisotopic (exact) mass is 316 g/mol.